The number of nitrogens with zero attached hydrogens (tertiary/aromatic N) is 1. The Bertz CT molecular complexity index is 604. The Kier molecular flexibility index (Phi) is 4.77. The summed E-state index contributed by atoms with van der Waals surface area (Å²) in [6.07, 6.45) is 1.54. The van der Waals surface area contributed by atoms with Crippen LogP contribution in [-0.2, 0) is 4.79 Å². The summed E-state index contributed by atoms with van der Waals surface area (Å²) in [5.74, 6) is 1.02. The van der Waals surface area contributed by atoms with E-state index in [0.29, 0.717) is 11.6 Å². The number of hydrogen-bond donors (Lipinski definition) is 1. The molecule has 0 saturated heterocycles. The molecular formula is C16H18N2O3. The first-order chi connectivity index (χ1) is 10.1. The smallest absolute Gasteiger partial charge is 0.262 e. The van der Waals surface area contributed by atoms with E-state index >= 15 is 0 Å². The van der Waals surface area contributed by atoms with Gasteiger partial charge >= 0.3 is 0 Å². The van der Waals surface area contributed by atoms with E-state index in [-0.39, 0.29) is 12.5 Å². The van der Waals surface area contributed by atoms with E-state index in [4.69, 9.17) is 9.47 Å². The Labute approximate surface area is 123 Å². The minimum atomic E-state index is -0.232. The summed E-state index contributed by atoms with van der Waals surface area (Å²) in [5.41, 5.74) is 2.62. The zero-order valence-corrected chi connectivity index (χ0v) is 12.3. The summed E-state index contributed by atoms with van der Waals surface area (Å²) < 4.78 is 10.5. The number of hydrogen-bond acceptors (Lipinski definition) is 4. The molecule has 1 aromatic heterocycles. The molecule has 0 unspecified atom stereocenters. The van der Waals surface area contributed by atoms with Gasteiger partial charge in [0.05, 0.1) is 19.0 Å². The number of carbonyl (C=O) groups excluding carboxylic acids is 1. The van der Waals surface area contributed by atoms with Crippen LogP contribution >= 0.6 is 0 Å². The predicted octanol–water partition coefficient (Wildman–Crippen LogP) is 2.72. The first kappa shape index (κ1) is 14.8. The molecule has 110 valence electrons. The van der Waals surface area contributed by atoms with Crippen molar-refractivity contribution in [1.82, 2.24) is 4.98 Å². The largest absolute Gasteiger partial charge is 0.483 e. The lowest BCUT2D eigenvalue weighted by molar-refractivity contribution is -0.118. The molecule has 1 heterocycles. The van der Waals surface area contributed by atoms with Crippen molar-refractivity contribution in [2.24, 2.45) is 0 Å². The SMILES string of the molecule is COc1ccc(NC(=O)COc2c(C)cccc2C)cn1. The van der Waals surface area contributed by atoms with Crippen LogP contribution in [0.5, 0.6) is 11.6 Å². The first-order valence-corrected chi connectivity index (χ1v) is 6.59. The maximum absolute atomic E-state index is 11.9. The highest BCUT2D eigenvalue weighted by molar-refractivity contribution is 5.91. The molecule has 2 rings (SSSR count). The molecule has 1 N–H and O–H groups in total. The molecule has 1 amide bonds. The quantitative estimate of drug-likeness (QED) is 0.918. The van der Waals surface area contributed by atoms with Crippen molar-refractivity contribution in [3.63, 3.8) is 0 Å². The van der Waals surface area contributed by atoms with E-state index in [2.05, 4.69) is 10.3 Å². The number of para-hydroxylation sites is 1. The normalized spacial score (nSPS) is 10.0. The van der Waals surface area contributed by atoms with Crippen LogP contribution in [0.3, 0.4) is 0 Å². The van der Waals surface area contributed by atoms with Crippen molar-refractivity contribution >= 4 is 11.6 Å². The molecule has 0 aliphatic rings. The number of anilines is 1. The lowest BCUT2D eigenvalue weighted by Gasteiger charge is -2.12. The van der Waals surface area contributed by atoms with Gasteiger partial charge in [-0.05, 0) is 31.0 Å². The van der Waals surface area contributed by atoms with Crippen LogP contribution in [0.25, 0.3) is 0 Å². The van der Waals surface area contributed by atoms with Crippen LogP contribution in [0.2, 0.25) is 0 Å². The number of aryl methyl sites for hydroxylation is 2. The third-order valence-electron chi connectivity index (χ3n) is 2.99. The Hall–Kier alpha value is -2.56. The lowest BCUT2D eigenvalue weighted by Crippen LogP contribution is -2.20. The van der Waals surface area contributed by atoms with E-state index in [1.54, 1.807) is 19.2 Å². The Morgan fingerprint density at radius 1 is 1.19 bits per heavy atom. The van der Waals surface area contributed by atoms with Gasteiger partial charge in [0, 0.05) is 6.07 Å². The van der Waals surface area contributed by atoms with E-state index in [1.165, 1.54) is 6.20 Å². The zero-order chi connectivity index (χ0) is 15.2. The first-order valence-electron chi connectivity index (χ1n) is 6.59. The minimum absolute atomic E-state index is 0.0439. The number of benzene rings is 1. The topological polar surface area (TPSA) is 60.5 Å². The van der Waals surface area contributed by atoms with Crippen LogP contribution in [0.4, 0.5) is 5.69 Å². The van der Waals surface area contributed by atoms with E-state index in [0.717, 1.165) is 16.9 Å². The molecule has 0 saturated carbocycles. The molecule has 0 aliphatic carbocycles. The highest BCUT2D eigenvalue weighted by Crippen LogP contribution is 2.22. The third-order valence-corrected chi connectivity index (χ3v) is 2.99. The predicted molar refractivity (Wildman–Crippen MR) is 80.8 cm³/mol. The number of nitrogens with one attached hydrogen (secondary N) is 1. The molecule has 0 radical (unpaired) electrons. The zero-order valence-electron chi connectivity index (χ0n) is 12.3. The van der Waals surface area contributed by atoms with Gasteiger partial charge in [0.25, 0.3) is 5.91 Å². The standard InChI is InChI=1S/C16H18N2O3/c1-11-5-4-6-12(2)16(11)21-10-14(19)18-13-7-8-15(20-3)17-9-13/h4-9H,10H2,1-3H3,(H,18,19). The summed E-state index contributed by atoms with van der Waals surface area (Å²) in [4.78, 5) is 15.9. The Balaban J connectivity index is 1.92. The molecule has 0 fully saturated rings. The fraction of sp³-hybridized carbons (Fsp3) is 0.250. The number of aromatic nitrogens is 1. The van der Waals surface area contributed by atoms with Crippen LogP contribution in [0.1, 0.15) is 11.1 Å². The fourth-order valence-electron chi connectivity index (χ4n) is 1.94. The van der Waals surface area contributed by atoms with Gasteiger partial charge in [-0.25, -0.2) is 4.98 Å². The Morgan fingerprint density at radius 3 is 2.48 bits per heavy atom. The third kappa shape index (κ3) is 3.95. The average molecular weight is 286 g/mol. The van der Waals surface area contributed by atoms with Crippen molar-refractivity contribution in [2.45, 2.75) is 13.8 Å². The fourth-order valence-corrected chi connectivity index (χ4v) is 1.94. The average Bonchev–Trinajstić information content (AvgIpc) is 2.47. The van der Waals surface area contributed by atoms with Crippen LogP contribution < -0.4 is 14.8 Å². The minimum Gasteiger partial charge on any atom is -0.483 e. The van der Waals surface area contributed by atoms with Gasteiger partial charge in [0.2, 0.25) is 5.88 Å². The molecule has 0 spiro atoms. The number of rotatable bonds is 5. The summed E-state index contributed by atoms with van der Waals surface area (Å²) in [6, 6.07) is 9.27. The van der Waals surface area contributed by atoms with Gasteiger partial charge in [-0.1, -0.05) is 18.2 Å². The highest BCUT2D eigenvalue weighted by atomic mass is 16.5. The van der Waals surface area contributed by atoms with Crippen molar-refractivity contribution in [1.29, 1.82) is 0 Å². The molecule has 1 aromatic carbocycles. The molecule has 5 heteroatoms. The maximum atomic E-state index is 11.9. The highest BCUT2D eigenvalue weighted by Gasteiger charge is 2.08. The number of methoxy groups -OCH3 is 1. The summed E-state index contributed by atoms with van der Waals surface area (Å²) >= 11 is 0. The van der Waals surface area contributed by atoms with Gasteiger partial charge < -0.3 is 14.8 Å². The number of amides is 1. The molecular weight excluding hydrogens is 268 g/mol. The molecule has 0 bridgehead atoms. The second-order valence-corrected chi connectivity index (χ2v) is 4.65. The van der Waals surface area contributed by atoms with Gasteiger partial charge in [-0.3, -0.25) is 4.79 Å². The van der Waals surface area contributed by atoms with Crippen LogP contribution in [0.15, 0.2) is 36.5 Å². The number of ether oxygens (including phenoxy) is 2. The van der Waals surface area contributed by atoms with E-state index in [1.807, 2.05) is 32.0 Å². The molecule has 21 heavy (non-hydrogen) atoms. The molecule has 0 atom stereocenters. The number of pyridine rings is 1. The second-order valence-electron chi connectivity index (χ2n) is 4.65. The van der Waals surface area contributed by atoms with Crippen molar-refractivity contribution in [2.75, 3.05) is 19.0 Å². The Morgan fingerprint density at radius 2 is 1.90 bits per heavy atom. The van der Waals surface area contributed by atoms with E-state index in [9.17, 15) is 4.79 Å². The van der Waals surface area contributed by atoms with Gasteiger partial charge in [0.15, 0.2) is 6.61 Å². The van der Waals surface area contributed by atoms with Crippen molar-refractivity contribution in [3.05, 3.63) is 47.7 Å². The van der Waals surface area contributed by atoms with Gasteiger partial charge in [-0.15, -0.1) is 0 Å². The number of carbonyl (C=O) groups is 1. The van der Waals surface area contributed by atoms with Crippen LogP contribution in [-0.4, -0.2) is 24.6 Å². The van der Waals surface area contributed by atoms with Gasteiger partial charge in [0.1, 0.15) is 5.75 Å². The summed E-state index contributed by atoms with van der Waals surface area (Å²) in [6.45, 7) is 3.86. The molecule has 2 aromatic rings. The summed E-state index contributed by atoms with van der Waals surface area (Å²) in [5, 5.41) is 2.72. The molecule has 5 nitrogen and oxygen atoms in total. The van der Waals surface area contributed by atoms with Crippen molar-refractivity contribution in [3.8, 4) is 11.6 Å². The lowest BCUT2D eigenvalue weighted by atomic mass is 10.1. The molecule has 0 aliphatic heterocycles. The van der Waals surface area contributed by atoms with Crippen molar-refractivity contribution < 1.29 is 14.3 Å². The monoisotopic (exact) mass is 286 g/mol. The summed E-state index contributed by atoms with van der Waals surface area (Å²) in [7, 11) is 1.54. The maximum Gasteiger partial charge on any atom is 0.262 e. The van der Waals surface area contributed by atoms with Gasteiger partial charge in [-0.2, -0.15) is 0 Å². The van der Waals surface area contributed by atoms with Crippen LogP contribution in [0, 0.1) is 13.8 Å². The second kappa shape index (κ2) is 6.74. The van der Waals surface area contributed by atoms with E-state index < -0.39 is 0 Å².